The molecular weight excluding hydrogens is 359 g/mol. The molecule has 0 fully saturated rings. The molecule has 0 aliphatic rings. The largest absolute Gasteiger partial charge is 0.422 e. The highest BCUT2D eigenvalue weighted by Gasteiger charge is 2.34. The van der Waals surface area contributed by atoms with Crippen molar-refractivity contribution in [2.45, 2.75) is 11.1 Å². The van der Waals surface area contributed by atoms with Crippen molar-refractivity contribution in [3.05, 3.63) is 59.7 Å². The highest BCUT2D eigenvalue weighted by atomic mass is 32.2. The van der Waals surface area contributed by atoms with Crippen LogP contribution in [0.15, 0.2) is 53.4 Å². The number of para-hydroxylation sites is 1. The van der Waals surface area contributed by atoms with E-state index >= 15 is 0 Å². The minimum atomic E-state index is -4.67. The smallest absolute Gasteiger partial charge is 0.419 e. The van der Waals surface area contributed by atoms with E-state index in [2.05, 4.69) is 0 Å². The Labute approximate surface area is 142 Å². The standard InChI is InChI=1S/C16H14F3NO4S/c1-20(2)25(22,23)12-9-7-11(8-10-12)15(21)24-14-6-4-3-5-13(14)16(17,18)19/h3-10H,1-2H3. The van der Waals surface area contributed by atoms with Gasteiger partial charge >= 0.3 is 12.1 Å². The summed E-state index contributed by atoms with van der Waals surface area (Å²) in [6, 6.07) is 9.04. The van der Waals surface area contributed by atoms with Gasteiger partial charge in [-0.3, -0.25) is 0 Å². The van der Waals surface area contributed by atoms with E-state index in [0.717, 1.165) is 16.4 Å². The summed E-state index contributed by atoms with van der Waals surface area (Å²) in [7, 11) is -0.966. The molecule has 9 heteroatoms. The fourth-order valence-electron chi connectivity index (χ4n) is 1.92. The molecule has 0 N–H and O–H groups in total. The monoisotopic (exact) mass is 373 g/mol. The van der Waals surface area contributed by atoms with Gasteiger partial charge in [-0.25, -0.2) is 17.5 Å². The van der Waals surface area contributed by atoms with Crippen LogP contribution in [0.2, 0.25) is 0 Å². The normalized spacial score (nSPS) is 12.2. The maximum absolute atomic E-state index is 12.9. The number of sulfonamides is 1. The molecule has 0 heterocycles. The minimum Gasteiger partial charge on any atom is -0.422 e. The summed E-state index contributed by atoms with van der Waals surface area (Å²) in [5.41, 5.74) is -1.15. The molecular formula is C16H14F3NO4S. The molecule has 0 aliphatic carbocycles. The first kappa shape index (κ1) is 18.9. The zero-order valence-electron chi connectivity index (χ0n) is 13.2. The first-order chi connectivity index (χ1) is 11.5. The van der Waals surface area contributed by atoms with Crippen LogP contribution in [0.3, 0.4) is 0 Å². The lowest BCUT2D eigenvalue weighted by Gasteiger charge is -2.13. The van der Waals surface area contributed by atoms with Crippen molar-refractivity contribution in [1.29, 1.82) is 0 Å². The van der Waals surface area contributed by atoms with Gasteiger partial charge in [0.15, 0.2) is 0 Å². The number of carbonyl (C=O) groups excluding carboxylic acids is 1. The zero-order chi connectivity index (χ0) is 18.8. The van der Waals surface area contributed by atoms with Crippen molar-refractivity contribution in [3.63, 3.8) is 0 Å². The van der Waals surface area contributed by atoms with Crippen LogP contribution in [-0.4, -0.2) is 32.8 Å². The third kappa shape index (κ3) is 4.18. The number of esters is 1. The quantitative estimate of drug-likeness (QED) is 0.610. The van der Waals surface area contributed by atoms with Gasteiger partial charge in [-0.05, 0) is 36.4 Å². The van der Waals surface area contributed by atoms with Crippen molar-refractivity contribution < 1.29 is 31.1 Å². The van der Waals surface area contributed by atoms with Gasteiger partial charge in [0.25, 0.3) is 0 Å². The Hall–Kier alpha value is -2.39. The van der Waals surface area contributed by atoms with E-state index in [-0.39, 0.29) is 10.5 Å². The molecule has 0 unspecified atom stereocenters. The van der Waals surface area contributed by atoms with Crippen molar-refractivity contribution in [2.75, 3.05) is 14.1 Å². The van der Waals surface area contributed by atoms with E-state index in [0.29, 0.717) is 0 Å². The van der Waals surface area contributed by atoms with E-state index in [4.69, 9.17) is 4.74 Å². The van der Waals surface area contributed by atoms with E-state index in [1.54, 1.807) is 0 Å². The van der Waals surface area contributed by atoms with Crippen molar-refractivity contribution in [1.82, 2.24) is 4.31 Å². The van der Waals surface area contributed by atoms with Crippen LogP contribution in [0.4, 0.5) is 13.2 Å². The Balaban J connectivity index is 2.26. The Morgan fingerprint density at radius 3 is 2.08 bits per heavy atom. The second-order valence-electron chi connectivity index (χ2n) is 5.20. The lowest BCUT2D eigenvalue weighted by atomic mass is 10.2. The van der Waals surface area contributed by atoms with Gasteiger partial charge in [-0.1, -0.05) is 12.1 Å². The Bertz CT molecular complexity index is 875. The summed E-state index contributed by atoms with van der Waals surface area (Å²) in [4.78, 5) is 12.0. The lowest BCUT2D eigenvalue weighted by molar-refractivity contribution is -0.138. The summed E-state index contributed by atoms with van der Waals surface area (Å²) in [5.74, 6) is -1.64. The molecule has 0 atom stereocenters. The molecule has 0 radical (unpaired) electrons. The first-order valence-electron chi connectivity index (χ1n) is 6.94. The van der Waals surface area contributed by atoms with Crippen LogP contribution in [0.5, 0.6) is 5.75 Å². The number of ether oxygens (including phenoxy) is 1. The van der Waals surface area contributed by atoms with Crippen molar-refractivity contribution in [2.24, 2.45) is 0 Å². The Morgan fingerprint density at radius 2 is 1.56 bits per heavy atom. The molecule has 0 spiro atoms. The summed E-state index contributed by atoms with van der Waals surface area (Å²) >= 11 is 0. The molecule has 5 nitrogen and oxygen atoms in total. The van der Waals surface area contributed by atoms with Gasteiger partial charge in [0, 0.05) is 14.1 Å². The maximum atomic E-state index is 12.9. The van der Waals surface area contributed by atoms with E-state index < -0.39 is 33.5 Å². The number of hydrogen-bond acceptors (Lipinski definition) is 4. The topological polar surface area (TPSA) is 63.7 Å². The van der Waals surface area contributed by atoms with Gasteiger partial charge in [0.2, 0.25) is 10.0 Å². The molecule has 2 aromatic carbocycles. The molecule has 0 saturated heterocycles. The molecule has 0 saturated carbocycles. The molecule has 25 heavy (non-hydrogen) atoms. The predicted molar refractivity (Wildman–Crippen MR) is 83.7 cm³/mol. The third-order valence-electron chi connectivity index (χ3n) is 3.26. The van der Waals surface area contributed by atoms with Gasteiger partial charge in [0.1, 0.15) is 5.75 Å². The summed E-state index contributed by atoms with van der Waals surface area (Å²) in [6.45, 7) is 0. The van der Waals surface area contributed by atoms with Crippen molar-refractivity contribution >= 4 is 16.0 Å². The molecule has 0 bridgehead atoms. The number of halogens is 3. The minimum absolute atomic E-state index is 0.0512. The number of benzene rings is 2. The highest BCUT2D eigenvalue weighted by Crippen LogP contribution is 2.36. The van der Waals surface area contributed by atoms with Crippen LogP contribution in [0.1, 0.15) is 15.9 Å². The van der Waals surface area contributed by atoms with Crippen LogP contribution in [-0.2, 0) is 16.2 Å². The predicted octanol–water partition coefficient (Wildman–Crippen LogP) is 3.17. The fourth-order valence-corrected chi connectivity index (χ4v) is 2.82. The van der Waals surface area contributed by atoms with Gasteiger partial charge in [0.05, 0.1) is 16.0 Å². The summed E-state index contributed by atoms with van der Waals surface area (Å²) in [5, 5.41) is 0. The molecule has 0 aliphatic heterocycles. The highest BCUT2D eigenvalue weighted by molar-refractivity contribution is 7.89. The second kappa shape index (κ2) is 6.85. The number of rotatable bonds is 4. The second-order valence-corrected chi connectivity index (χ2v) is 7.35. The Morgan fingerprint density at radius 1 is 1.00 bits per heavy atom. The van der Waals surface area contributed by atoms with Crippen LogP contribution < -0.4 is 4.74 Å². The molecule has 134 valence electrons. The van der Waals surface area contributed by atoms with Crippen LogP contribution >= 0.6 is 0 Å². The van der Waals surface area contributed by atoms with E-state index in [1.807, 2.05) is 0 Å². The van der Waals surface area contributed by atoms with Gasteiger partial charge in [-0.2, -0.15) is 13.2 Å². The molecule has 0 amide bonds. The molecule has 0 aromatic heterocycles. The third-order valence-corrected chi connectivity index (χ3v) is 5.09. The zero-order valence-corrected chi connectivity index (χ0v) is 14.1. The SMILES string of the molecule is CN(C)S(=O)(=O)c1ccc(C(=O)Oc2ccccc2C(F)(F)F)cc1. The number of nitrogens with zero attached hydrogens (tertiary/aromatic N) is 1. The van der Waals surface area contributed by atoms with Crippen LogP contribution in [0, 0.1) is 0 Å². The average molecular weight is 373 g/mol. The lowest BCUT2D eigenvalue weighted by Crippen LogP contribution is -2.22. The summed E-state index contributed by atoms with van der Waals surface area (Å²) < 4.78 is 68.4. The van der Waals surface area contributed by atoms with Gasteiger partial charge in [-0.15, -0.1) is 0 Å². The first-order valence-corrected chi connectivity index (χ1v) is 8.38. The number of hydrogen-bond donors (Lipinski definition) is 0. The molecule has 2 rings (SSSR count). The van der Waals surface area contributed by atoms with Gasteiger partial charge < -0.3 is 4.74 Å². The Kier molecular flexibility index (Phi) is 5.19. The van der Waals surface area contributed by atoms with E-state index in [1.165, 1.54) is 50.5 Å². The van der Waals surface area contributed by atoms with Crippen molar-refractivity contribution in [3.8, 4) is 5.75 Å². The van der Waals surface area contributed by atoms with Crippen LogP contribution in [0.25, 0.3) is 0 Å². The molecule has 2 aromatic rings. The fraction of sp³-hybridized carbons (Fsp3) is 0.188. The number of carbonyl (C=O) groups is 1. The average Bonchev–Trinajstić information content (AvgIpc) is 2.54. The maximum Gasteiger partial charge on any atom is 0.419 e. The summed E-state index contributed by atoms with van der Waals surface area (Å²) in [6.07, 6.45) is -4.67. The van der Waals surface area contributed by atoms with E-state index in [9.17, 15) is 26.4 Å². The number of alkyl halides is 3.